The SMILES string of the molecule is CCCCCC/C=C/CC/C=C/CCCC(O)C(O)C(CO)NC(=O)C(O)CCCCCCCCCCCCCCCCCCC. The second-order valence-corrected chi connectivity index (χ2v) is 13.6. The highest BCUT2D eigenvalue weighted by Crippen LogP contribution is 2.15. The average molecular weight is 652 g/mol. The number of carbonyl (C=O) groups excluding carboxylic acids is 1. The standard InChI is InChI=1S/C40H77NO5/c1-3-5-7-9-11-13-15-17-18-19-20-22-24-26-28-30-32-34-38(44)40(46)41-36(35-42)39(45)37(43)33-31-29-27-25-23-21-16-14-12-10-8-6-4-2/h14,16,25,27,36-39,42-45H,3-13,15,17-24,26,28-35H2,1-2H3,(H,41,46)/b16-14+,27-25+. The van der Waals surface area contributed by atoms with Crippen LogP contribution in [0.4, 0.5) is 0 Å². The molecule has 0 radical (unpaired) electrons. The van der Waals surface area contributed by atoms with E-state index in [4.69, 9.17) is 0 Å². The number of nitrogens with one attached hydrogen (secondary N) is 1. The summed E-state index contributed by atoms with van der Waals surface area (Å²) in [6, 6.07) is -1.00. The van der Waals surface area contributed by atoms with E-state index >= 15 is 0 Å². The van der Waals surface area contributed by atoms with Crippen molar-refractivity contribution in [2.75, 3.05) is 6.61 Å². The van der Waals surface area contributed by atoms with Gasteiger partial charge in [-0.25, -0.2) is 0 Å². The summed E-state index contributed by atoms with van der Waals surface area (Å²) in [5, 5.41) is 43.4. The summed E-state index contributed by atoms with van der Waals surface area (Å²) in [7, 11) is 0. The van der Waals surface area contributed by atoms with Crippen LogP contribution in [0, 0.1) is 0 Å². The molecule has 0 aromatic carbocycles. The minimum absolute atomic E-state index is 0.363. The molecule has 0 fully saturated rings. The van der Waals surface area contributed by atoms with Crippen molar-refractivity contribution in [2.24, 2.45) is 0 Å². The molecule has 0 aliphatic carbocycles. The Bertz CT molecular complexity index is 697. The largest absolute Gasteiger partial charge is 0.394 e. The van der Waals surface area contributed by atoms with Crippen LogP contribution in [0.5, 0.6) is 0 Å². The van der Waals surface area contributed by atoms with E-state index in [0.29, 0.717) is 19.3 Å². The Balaban J connectivity index is 3.82. The van der Waals surface area contributed by atoms with Crippen LogP contribution in [0.15, 0.2) is 24.3 Å². The first-order valence-electron chi connectivity index (χ1n) is 19.7. The van der Waals surface area contributed by atoms with Crippen molar-refractivity contribution >= 4 is 5.91 Å². The lowest BCUT2D eigenvalue weighted by Crippen LogP contribution is -2.53. The molecule has 5 N–H and O–H groups in total. The third kappa shape index (κ3) is 29.0. The second-order valence-electron chi connectivity index (χ2n) is 13.6. The van der Waals surface area contributed by atoms with Gasteiger partial charge in [-0.3, -0.25) is 4.79 Å². The summed E-state index contributed by atoms with van der Waals surface area (Å²) in [5.74, 6) is -0.597. The predicted octanol–water partition coefficient (Wildman–Crippen LogP) is 9.62. The van der Waals surface area contributed by atoms with Gasteiger partial charge in [0.2, 0.25) is 5.91 Å². The number of rotatable bonds is 35. The number of amides is 1. The molecule has 0 aromatic rings. The molecule has 0 saturated heterocycles. The highest BCUT2D eigenvalue weighted by atomic mass is 16.3. The van der Waals surface area contributed by atoms with Crippen LogP contribution in [0.1, 0.15) is 194 Å². The summed E-state index contributed by atoms with van der Waals surface area (Å²) in [6.45, 7) is 4.00. The summed E-state index contributed by atoms with van der Waals surface area (Å²) >= 11 is 0. The Morgan fingerprint density at radius 2 is 0.913 bits per heavy atom. The molecule has 0 bridgehead atoms. The zero-order valence-electron chi connectivity index (χ0n) is 30.3. The fourth-order valence-electron chi connectivity index (χ4n) is 5.95. The molecule has 0 saturated carbocycles. The van der Waals surface area contributed by atoms with Crippen molar-refractivity contribution in [3.05, 3.63) is 24.3 Å². The number of allylic oxidation sites excluding steroid dienone is 4. The molecule has 272 valence electrons. The number of unbranched alkanes of at least 4 members (excludes halogenated alkanes) is 22. The average Bonchev–Trinajstić information content (AvgIpc) is 3.06. The van der Waals surface area contributed by atoms with Crippen molar-refractivity contribution in [3.8, 4) is 0 Å². The van der Waals surface area contributed by atoms with Gasteiger partial charge in [-0.15, -0.1) is 0 Å². The zero-order chi connectivity index (χ0) is 33.9. The number of hydrogen-bond donors (Lipinski definition) is 5. The molecular formula is C40H77NO5. The first kappa shape index (κ1) is 44.8. The lowest BCUT2D eigenvalue weighted by Gasteiger charge is -2.27. The van der Waals surface area contributed by atoms with E-state index in [9.17, 15) is 25.2 Å². The zero-order valence-corrected chi connectivity index (χ0v) is 30.3. The van der Waals surface area contributed by atoms with Gasteiger partial charge < -0.3 is 25.7 Å². The summed E-state index contributed by atoms with van der Waals surface area (Å²) < 4.78 is 0. The maximum Gasteiger partial charge on any atom is 0.249 e. The van der Waals surface area contributed by atoms with E-state index in [-0.39, 0.29) is 0 Å². The first-order valence-corrected chi connectivity index (χ1v) is 19.7. The maximum atomic E-state index is 12.4. The van der Waals surface area contributed by atoms with Gasteiger partial charge in [-0.05, 0) is 51.4 Å². The second kappa shape index (κ2) is 35.1. The van der Waals surface area contributed by atoms with Gasteiger partial charge in [0.25, 0.3) is 0 Å². The van der Waals surface area contributed by atoms with E-state index in [1.54, 1.807) is 0 Å². The minimum atomic E-state index is -1.28. The third-order valence-electron chi connectivity index (χ3n) is 9.14. The van der Waals surface area contributed by atoms with E-state index in [1.165, 1.54) is 116 Å². The highest BCUT2D eigenvalue weighted by Gasteiger charge is 2.28. The Labute approximate surface area is 284 Å². The normalized spacial score (nSPS) is 14.7. The number of aliphatic hydroxyl groups excluding tert-OH is 4. The summed E-state index contributed by atoms with van der Waals surface area (Å²) in [6.07, 6.45) is 37.7. The van der Waals surface area contributed by atoms with Crippen molar-refractivity contribution < 1.29 is 25.2 Å². The van der Waals surface area contributed by atoms with E-state index in [0.717, 1.165) is 44.9 Å². The monoisotopic (exact) mass is 652 g/mol. The third-order valence-corrected chi connectivity index (χ3v) is 9.14. The van der Waals surface area contributed by atoms with Gasteiger partial charge in [-0.1, -0.05) is 167 Å². The van der Waals surface area contributed by atoms with Crippen LogP contribution < -0.4 is 5.32 Å². The summed E-state index contributed by atoms with van der Waals surface area (Å²) in [5.41, 5.74) is 0. The fraction of sp³-hybridized carbons (Fsp3) is 0.875. The van der Waals surface area contributed by atoms with Crippen LogP contribution in [-0.4, -0.2) is 57.3 Å². The van der Waals surface area contributed by atoms with Crippen molar-refractivity contribution in [1.82, 2.24) is 5.32 Å². The number of aliphatic hydroxyl groups is 4. The quantitative estimate of drug-likeness (QED) is 0.0346. The van der Waals surface area contributed by atoms with Gasteiger partial charge in [0.1, 0.15) is 12.2 Å². The van der Waals surface area contributed by atoms with Gasteiger partial charge in [0, 0.05) is 0 Å². The molecule has 1 amide bonds. The van der Waals surface area contributed by atoms with Crippen molar-refractivity contribution in [1.29, 1.82) is 0 Å². The Morgan fingerprint density at radius 1 is 0.522 bits per heavy atom. The first-order chi connectivity index (χ1) is 22.5. The molecule has 0 aromatic heterocycles. The van der Waals surface area contributed by atoms with Crippen LogP contribution in [0.3, 0.4) is 0 Å². The van der Waals surface area contributed by atoms with Crippen LogP contribution >= 0.6 is 0 Å². The van der Waals surface area contributed by atoms with Crippen LogP contribution in [0.2, 0.25) is 0 Å². The number of hydrogen-bond acceptors (Lipinski definition) is 5. The molecule has 0 heterocycles. The van der Waals surface area contributed by atoms with Gasteiger partial charge in [-0.2, -0.15) is 0 Å². The minimum Gasteiger partial charge on any atom is -0.394 e. The molecule has 0 aliphatic heterocycles. The van der Waals surface area contributed by atoms with Crippen LogP contribution in [-0.2, 0) is 4.79 Å². The Kier molecular flexibility index (Phi) is 34.2. The molecule has 0 rings (SSSR count). The smallest absolute Gasteiger partial charge is 0.249 e. The molecule has 6 nitrogen and oxygen atoms in total. The predicted molar refractivity (Wildman–Crippen MR) is 196 cm³/mol. The van der Waals surface area contributed by atoms with Gasteiger partial charge in [0.05, 0.1) is 18.8 Å². The molecule has 0 aliphatic rings. The maximum absolute atomic E-state index is 12.4. The number of carbonyl (C=O) groups is 1. The lowest BCUT2D eigenvalue weighted by molar-refractivity contribution is -0.132. The molecule has 4 unspecified atom stereocenters. The van der Waals surface area contributed by atoms with E-state index in [2.05, 4.69) is 43.5 Å². The van der Waals surface area contributed by atoms with Crippen molar-refractivity contribution in [3.63, 3.8) is 0 Å². The topological polar surface area (TPSA) is 110 Å². The molecule has 6 heteroatoms. The van der Waals surface area contributed by atoms with Crippen molar-refractivity contribution in [2.45, 2.75) is 218 Å². The summed E-state index contributed by atoms with van der Waals surface area (Å²) in [4.78, 5) is 12.4. The van der Waals surface area contributed by atoms with E-state index in [1.807, 2.05) is 0 Å². The Morgan fingerprint density at radius 3 is 1.37 bits per heavy atom. The Hall–Kier alpha value is -1.21. The molecule has 4 atom stereocenters. The van der Waals surface area contributed by atoms with E-state index < -0.39 is 36.9 Å². The molecule has 0 spiro atoms. The van der Waals surface area contributed by atoms with Crippen LogP contribution in [0.25, 0.3) is 0 Å². The highest BCUT2D eigenvalue weighted by molar-refractivity contribution is 5.80. The molecule has 46 heavy (non-hydrogen) atoms. The van der Waals surface area contributed by atoms with Gasteiger partial charge >= 0.3 is 0 Å². The molecular weight excluding hydrogens is 574 g/mol. The lowest BCUT2D eigenvalue weighted by atomic mass is 10.00. The fourth-order valence-corrected chi connectivity index (χ4v) is 5.95. The van der Waals surface area contributed by atoms with Gasteiger partial charge in [0.15, 0.2) is 0 Å².